The molecule has 13 heavy (non-hydrogen) atoms. The van der Waals surface area contributed by atoms with Crippen LogP contribution < -0.4 is 0 Å². The number of benzene rings is 1. The smallest absolute Gasteiger partial charge is 0.129 e. The van der Waals surface area contributed by atoms with Gasteiger partial charge in [0.1, 0.15) is 5.44 Å². The molecule has 1 saturated heterocycles. The Bertz CT molecular complexity index is 265. The molecule has 0 aromatic heterocycles. The fourth-order valence-corrected chi connectivity index (χ4v) is 2.80. The van der Waals surface area contributed by atoms with Gasteiger partial charge in [-0.25, -0.2) is 0 Å². The van der Waals surface area contributed by atoms with Crippen LogP contribution in [0.15, 0.2) is 30.3 Å². The third-order valence-corrected chi connectivity index (χ3v) is 3.59. The van der Waals surface area contributed by atoms with Gasteiger partial charge in [-0.2, -0.15) is 0 Å². The molecule has 0 spiro atoms. The average Bonchev–Trinajstić information content (AvgIpc) is 2.67. The molecule has 1 aromatic rings. The summed E-state index contributed by atoms with van der Waals surface area (Å²) in [5, 5.41) is 0. The standard InChI is InChI=1S/C10H11ClOS/c11-6-9-7-13-10(12-9)8-4-2-1-3-5-8/h1-5,9-10H,6-7H2/t9-,10-/m0/s1. The minimum absolute atomic E-state index is 0.185. The van der Waals surface area contributed by atoms with Crippen LogP contribution in [0.2, 0.25) is 0 Å². The summed E-state index contributed by atoms with van der Waals surface area (Å²) in [5.41, 5.74) is 1.42. The van der Waals surface area contributed by atoms with Gasteiger partial charge >= 0.3 is 0 Å². The molecule has 1 heterocycles. The van der Waals surface area contributed by atoms with Crippen molar-refractivity contribution >= 4 is 23.4 Å². The number of rotatable bonds is 2. The van der Waals surface area contributed by atoms with E-state index in [2.05, 4.69) is 12.1 Å². The first-order valence-corrected chi connectivity index (χ1v) is 5.86. The number of hydrogen-bond donors (Lipinski definition) is 0. The maximum atomic E-state index is 5.73. The van der Waals surface area contributed by atoms with Gasteiger partial charge in [0.05, 0.1) is 6.10 Å². The summed E-state index contributed by atoms with van der Waals surface area (Å²) in [6.45, 7) is 0. The highest BCUT2D eigenvalue weighted by Gasteiger charge is 2.25. The maximum absolute atomic E-state index is 5.73. The van der Waals surface area contributed by atoms with Crippen molar-refractivity contribution in [3.8, 4) is 0 Å². The second-order valence-electron chi connectivity index (χ2n) is 2.99. The van der Waals surface area contributed by atoms with E-state index in [-0.39, 0.29) is 11.5 Å². The third kappa shape index (κ3) is 2.19. The van der Waals surface area contributed by atoms with Crippen LogP contribution in [0.4, 0.5) is 0 Å². The zero-order valence-corrected chi connectivity index (χ0v) is 8.72. The number of halogens is 1. The van der Waals surface area contributed by atoms with Crippen molar-refractivity contribution in [3.05, 3.63) is 35.9 Å². The lowest BCUT2D eigenvalue weighted by Gasteiger charge is -2.10. The molecule has 1 aliphatic rings. The molecule has 0 saturated carbocycles. The van der Waals surface area contributed by atoms with Crippen molar-refractivity contribution in [1.82, 2.24) is 0 Å². The number of ether oxygens (including phenoxy) is 1. The van der Waals surface area contributed by atoms with Crippen molar-refractivity contribution in [2.75, 3.05) is 11.6 Å². The Hall–Kier alpha value is -0.180. The summed E-state index contributed by atoms with van der Waals surface area (Å²) in [6, 6.07) is 10.3. The second-order valence-corrected chi connectivity index (χ2v) is 4.39. The quantitative estimate of drug-likeness (QED) is 0.700. The molecule has 0 N–H and O–H groups in total. The van der Waals surface area contributed by atoms with E-state index < -0.39 is 0 Å². The Labute approximate surface area is 87.4 Å². The molecule has 0 aliphatic carbocycles. The summed E-state index contributed by atoms with van der Waals surface area (Å²) >= 11 is 7.54. The largest absolute Gasteiger partial charge is 0.357 e. The fraction of sp³-hybridized carbons (Fsp3) is 0.400. The van der Waals surface area contributed by atoms with E-state index in [1.807, 2.05) is 30.0 Å². The van der Waals surface area contributed by atoms with Crippen molar-refractivity contribution in [2.45, 2.75) is 11.5 Å². The average molecular weight is 215 g/mol. The van der Waals surface area contributed by atoms with Crippen LogP contribution in [-0.4, -0.2) is 17.7 Å². The van der Waals surface area contributed by atoms with Gasteiger partial charge in [0.15, 0.2) is 0 Å². The molecular formula is C10H11ClOS. The summed E-state index contributed by atoms with van der Waals surface area (Å²) in [6.07, 6.45) is 0.219. The van der Waals surface area contributed by atoms with E-state index in [4.69, 9.17) is 16.3 Å². The first-order chi connectivity index (χ1) is 6.40. The third-order valence-electron chi connectivity index (χ3n) is 1.99. The van der Waals surface area contributed by atoms with Crippen LogP contribution in [0.3, 0.4) is 0 Å². The van der Waals surface area contributed by atoms with Crippen molar-refractivity contribution in [1.29, 1.82) is 0 Å². The minimum Gasteiger partial charge on any atom is -0.357 e. The molecule has 0 radical (unpaired) electrons. The molecule has 70 valence electrons. The Kier molecular flexibility index (Phi) is 3.14. The zero-order chi connectivity index (χ0) is 9.10. The van der Waals surface area contributed by atoms with Gasteiger partial charge < -0.3 is 4.74 Å². The molecule has 0 bridgehead atoms. The Morgan fingerprint density at radius 1 is 1.38 bits per heavy atom. The minimum atomic E-state index is 0.185. The first-order valence-electron chi connectivity index (χ1n) is 4.28. The van der Waals surface area contributed by atoms with Crippen LogP contribution in [0.25, 0.3) is 0 Å². The van der Waals surface area contributed by atoms with Crippen molar-refractivity contribution < 1.29 is 4.74 Å². The van der Waals surface area contributed by atoms with E-state index in [9.17, 15) is 0 Å². The lowest BCUT2D eigenvalue weighted by Crippen LogP contribution is -2.10. The highest BCUT2D eigenvalue weighted by atomic mass is 35.5. The van der Waals surface area contributed by atoms with Gasteiger partial charge in [-0.3, -0.25) is 0 Å². The van der Waals surface area contributed by atoms with Crippen LogP contribution in [0.1, 0.15) is 11.0 Å². The highest BCUT2D eigenvalue weighted by Crippen LogP contribution is 2.38. The van der Waals surface area contributed by atoms with E-state index in [0.717, 1.165) is 5.75 Å². The van der Waals surface area contributed by atoms with Gasteiger partial charge in [-0.15, -0.1) is 23.4 Å². The second kappa shape index (κ2) is 4.36. The van der Waals surface area contributed by atoms with E-state index in [1.54, 1.807) is 0 Å². The lowest BCUT2D eigenvalue weighted by atomic mass is 10.2. The van der Waals surface area contributed by atoms with Gasteiger partial charge in [0.2, 0.25) is 0 Å². The Morgan fingerprint density at radius 3 is 2.77 bits per heavy atom. The molecule has 0 unspecified atom stereocenters. The van der Waals surface area contributed by atoms with Gasteiger partial charge in [0, 0.05) is 11.6 Å². The molecule has 0 amide bonds. The topological polar surface area (TPSA) is 9.23 Å². The number of thioether (sulfide) groups is 1. The summed E-state index contributed by atoms with van der Waals surface area (Å²) < 4.78 is 5.73. The van der Waals surface area contributed by atoms with Crippen molar-refractivity contribution in [2.24, 2.45) is 0 Å². The SMILES string of the molecule is ClC[C@H]1CS[C@@H](c2ccccc2)O1. The van der Waals surface area contributed by atoms with Crippen LogP contribution in [0.5, 0.6) is 0 Å². The van der Waals surface area contributed by atoms with E-state index >= 15 is 0 Å². The summed E-state index contributed by atoms with van der Waals surface area (Å²) in [7, 11) is 0. The summed E-state index contributed by atoms with van der Waals surface area (Å²) in [5.74, 6) is 1.60. The molecule has 1 aliphatic heterocycles. The molecule has 1 fully saturated rings. The molecule has 2 rings (SSSR count). The first kappa shape index (κ1) is 9.38. The van der Waals surface area contributed by atoms with E-state index in [1.165, 1.54) is 5.56 Å². The maximum Gasteiger partial charge on any atom is 0.129 e. The monoisotopic (exact) mass is 214 g/mol. The highest BCUT2D eigenvalue weighted by molar-refractivity contribution is 7.99. The molecule has 1 nitrogen and oxygen atoms in total. The normalized spacial score (nSPS) is 27.8. The van der Waals surface area contributed by atoms with Gasteiger partial charge in [0.25, 0.3) is 0 Å². The molecule has 1 aromatic carbocycles. The predicted molar refractivity (Wildman–Crippen MR) is 57.2 cm³/mol. The Morgan fingerprint density at radius 2 is 2.15 bits per heavy atom. The predicted octanol–water partition coefficient (Wildman–Crippen LogP) is 3.06. The van der Waals surface area contributed by atoms with Gasteiger partial charge in [-0.1, -0.05) is 30.3 Å². The van der Waals surface area contributed by atoms with Crippen LogP contribution in [0, 0.1) is 0 Å². The summed E-state index contributed by atoms with van der Waals surface area (Å²) in [4.78, 5) is 0. The molecule has 2 atom stereocenters. The van der Waals surface area contributed by atoms with Crippen LogP contribution >= 0.6 is 23.4 Å². The number of hydrogen-bond acceptors (Lipinski definition) is 2. The Balaban J connectivity index is 2.04. The van der Waals surface area contributed by atoms with Gasteiger partial charge in [-0.05, 0) is 5.56 Å². The van der Waals surface area contributed by atoms with Crippen LogP contribution in [-0.2, 0) is 4.74 Å². The fourth-order valence-electron chi connectivity index (χ4n) is 1.31. The number of alkyl halides is 1. The molecular weight excluding hydrogens is 204 g/mol. The zero-order valence-electron chi connectivity index (χ0n) is 7.15. The molecule has 3 heteroatoms. The van der Waals surface area contributed by atoms with E-state index in [0.29, 0.717) is 5.88 Å². The lowest BCUT2D eigenvalue weighted by molar-refractivity contribution is 0.0811. The van der Waals surface area contributed by atoms with Crippen molar-refractivity contribution in [3.63, 3.8) is 0 Å².